The standard InChI is InChI=1S/C26H28.C7H7.Al.Na.H/c1-5-6-25(22-13-7-19(2)8-14-22)26(23-15-9-20(3)10-16-23)24-17-11-21(4)12-18-24;1-7-5-3-2-4-6-7;;;/h7-18,25H,1,5-6H2,2-4H3;3-6H,1H3;;;/q;;;+1;-1. The summed E-state index contributed by atoms with van der Waals surface area (Å²) in [6, 6.07) is 38.0. The summed E-state index contributed by atoms with van der Waals surface area (Å²) in [6.07, 6.45) is 2.54. The van der Waals surface area contributed by atoms with Crippen molar-refractivity contribution in [3.05, 3.63) is 136 Å². The van der Waals surface area contributed by atoms with Crippen LogP contribution in [0.25, 0.3) is 0 Å². The second kappa shape index (κ2) is 11.2. The third-order valence-electron chi connectivity index (χ3n) is 8.10. The third kappa shape index (κ3) is 5.13. The molecule has 0 bridgehead atoms. The molecule has 0 radical (unpaired) electrons. The number of hydrogen-bond donors (Lipinski definition) is 0. The molecule has 172 valence electrons. The third-order valence-corrected chi connectivity index (χ3v) is 12.4. The minimum Gasteiger partial charge on any atom is -1.00 e. The monoisotopic (exact) mass is 482 g/mol. The van der Waals surface area contributed by atoms with E-state index in [0.717, 1.165) is 0 Å². The number of aryl methyl sites for hydroxylation is 4. The Labute approximate surface area is 240 Å². The van der Waals surface area contributed by atoms with E-state index >= 15 is 0 Å². The van der Waals surface area contributed by atoms with Crippen molar-refractivity contribution in [3.63, 3.8) is 0 Å². The minimum atomic E-state index is -1.48. The van der Waals surface area contributed by atoms with Crippen LogP contribution in [0.4, 0.5) is 0 Å². The topological polar surface area (TPSA) is 0 Å². The van der Waals surface area contributed by atoms with Crippen LogP contribution in [-0.4, -0.2) is 14.1 Å². The van der Waals surface area contributed by atoms with Crippen LogP contribution in [0.3, 0.4) is 0 Å². The maximum absolute atomic E-state index is 2.45. The molecule has 4 aromatic rings. The number of rotatable bonds is 4. The zero-order chi connectivity index (χ0) is 23.7. The van der Waals surface area contributed by atoms with Gasteiger partial charge >= 0.3 is 43.7 Å². The molecular weight excluding hydrogens is 446 g/mol. The van der Waals surface area contributed by atoms with Crippen molar-refractivity contribution in [2.75, 3.05) is 0 Å². The van der Waals surface area contributed by atoms with Gasteiger partial charge < -0.3 is 1.43 Å². The fraction of sp³-hybridized carbons (Fsp3) is 0.273. The first-order valence-electron chi connectivity index (χ1n) is 12.8. The summed E-state index contributed by atoms with van der Waals surface area (Å²) in [5, 5.41) is 1.34. The van der Waals surface area contributed by atoms with Gasteiger partial charge in [-0.05, 0) is 61.0 Å². The van der Waals surface area contributed by atoms with Crippen molar-refractivity contribution < 1.29 is 31.0 Å². The molecule has 1 heterocycles. The minimum absolute atomic E-state index is 0. The van der Waals surface area contributed by atoms with Crippen molar-refractivity contribution in [3.8, 4) is 0 Å². The first kappa shape index (κ1) is 26.5. The molecule has 0 aromatic heterocycles. The second-order valence-electron chi connectivity index (χ2n) is 10.5. The van der Waals surface area contributed by atoms with E-state index in [1.165, 1.54) is 57.1 Å². The zero-order valence-electron chi connectivity index (χ0n) is 23.0. The van der Waals surface area contributed by atoms with E-state index in [4.69, 9.17) is 0 Å². The molecule has 35 heavy (non-hydrogen) atoms. The molecule has 0 N–H and O–H groups in total. The SMILES string of the molecule is Cc1ccc(C2CC[CH2][Al]([c]3ccc(C)cc3)[C]2(c2ccc(C)cc2)c2ccc(C)cc2)cc1.[H-].[Na+]. The van der Waals surface area contributed by atoms with Gasteiger partial charge in [0.05, 0.1) is 0 Å². The molecule has 0 saturated carbocycles. The average Bonchev–Trinajstić information content (AvgIpc) is 2.86. The fourth-order valence-electron chi connectivity index (χ4n) is 6.31. The predicted molar refractivity (Wildman–Crippen MR) is 149 cm³/mol. The van der Waals surface area contributed by atoms with E-state index in [1.807, 2.05) is 0 Å². The predicted octanol–water partition coefficient (Wildman–Crippen LogP) is 4.84. The van der Waals surface area contributed by atoms with Gasteiger partial charge in [-0.1, -0.05) is 131 Å². The van der Waals surface area contributed by atoms with Crippen molar-refractivity contribution in [1.29, 1.82) is 0 Å². The summed E-state index contributed by atoms with van der Waals surface area (Å²) in [4.78, 5) is 0. The van der Waals surface area contributed by atoms with Crippen molar-refractivity contribution in [2.24, 2.45) is 0 Å². The first-order chi connectivity index (χ1) is 16.5. The van der Waals surface area contributed by atoms with Gasteiger partial charge in [-0.2, -0.15) is 0 Å². The van der Waals surface area contributed by atoms with Crippen LogP contribution in [0.1, 0.15) is 59.1 Å². The smallest absolute Gasteiger partial charge is 1.00 e. The van der Waals surface area contributed by atoms with Gasteiger partial charge in [0.25, 0.3) is 0 Å². The van der Waals surface area contributed by atoms with Crippen LogP contribution >= 0.6 is 0 Å². The maximum Gasteiger partial charge on any atom is 1.00 e. The molecule has 1 fully saturated rings. The van der Waals surface area contributed by atoms with E-state index in [-0.39, 0.29) is 35.3 Å². The van der Waals surface area contributed by atoms with Gasteiger partial charge in [0.2, 0.25) is 0 Å². The largest absolute Gasteiger partial charge is 1.00 e. The van der Waals surface area contributed by atoms with E-state index < -0.39 is 14.1 Å². The molecular formula is C33H36AlNa. The van der Waals surface area contributed by atoms with E-state index in [2.05, 4.69) is 125 Å². The van der Waals surface area contributed by atoms with Gasteiger partial charge in [-0.3, -0.25) is 0 Å². The Morgan fingerprint density at radius 3 is 1.46 bits per heavy atom. The Morgan fingerprint density at radius 2 is 1.00 bits per heavy atom. The van der Waals surface area contributed by atoms with Crippen LogP contribution in [0.15, 0.2) is 97.1 Å². The van der Waals surface area contributed by atoms with Crippen LogP contribution in [0.2, 0.25) is 5.28 Å². The Kier molecular flexibility index (Phi) is 8.48. The molecule has 0 amide bonds. The molecule has 5 rings (SSSR count). The van der Waals surface area contributed by atoms with Crippen molar-refractivity contribution in [2.45, 2.75) is 56.0 Å². The van der Waals surface area contributed by atoms with E-state index in [9.17, 15) is 0 Å². The molecule has 1 atom stereocenters. The zero-order valence-corrected chi connectivity index (χ0v) is 25.2. The summed E-state index contributed by atoms with van der Waals surface area (Å²) in [7, 11) is 0. The second-order valence-corrected chi connectivity index (χ2v) is 13.7. The van der Waals surface area contributed by atoms with E-state index in [1.54, 1.807) is 4.43 Å². The molecule has 1 aliphatic rings. The van der Waals surface area contributed by atoms with Crippen LogP contribution in [0, 0.1) is 27.7 Å². The van der Waals surface area contributed by atoms with Crippen molar-refractivity contribution >= 4 is 18.6 Å². The van der Waals surface area contributed by atoms with Crippen molar-refractivity contribution in [1.82, 2.24) is 0 Å². The normalized spacial score (nSPS) is 17.0. The summed E-state index contributed by atoms with van der Waals surface area (Å²) < 4.78 is 1.62. The van der Waals surface area contributed by atoms with Gasteiger partial charge in [-0.15, -0.1) is 4.43 Å². The Morgan fingerprint density at radius 1 is 0.600 bits per heavy atom. The molecule has 0 spiro atoms. The summed E-state index contributed by atoms with van der Waals surface area (Å²) >= 11 is -1.48. The molecule has 1 aliphatic heterocycles. The molecule has 1 unspecified atom stereocenters. The fourth-order valence-corrected chi connectivity index (χ4v) is 11.0. The molecule has 0 aliphatic carbocycles. The van der Waals surface area contributed by atoms with Crippen LogP contribution in [0.5, 0.6) is 0 Å². The molecule has 2 heteroatoms. The maximum atomic E-state index is 2.45. The molecule has 0 nitrogen and oxygen atoms in total. The van der Waals surface area contributed by atoms with Gasteiger partial charge in [-0.25, -0.2) is 0 Å². The number of benzene rings is 4. The quantitative estimate of drug-likeness (QED) is 0.365. The summed E-state index contributed by atoms with van der Waals surface area (Å²) in [5.74, 6) is 0.477. The van der Waals surface area contributed by atoms with Crippen LogP contribution in [-0.2, 0) is 4.28 Å². The van der Waals surface area contributed by atoms with Gasteiger partial charge in [0, 0.05) is 0 Å². The van der Waals surface area contributed by atoms with E-state index in [0.29, 0.717) is 5.92 Å². The van der Waals surface area contributed by atoms with Gasteiger partial charge in [0.1, 0.15) is 0 Å². The average molecular weight is 483 g/mol. The van der Waals surface area contributed by atoms with Gasteiger partial charge in [0.15, 0.2) is 0 Å². The Hall–Kier alpha value is -1.59. The molecule has 1 saturated heterocycles. The van der Waals surface area contributed by atoms with Crippen LogP contribution < -0.4 is 34.0 Å². The molecule has 4 aromatic carbocycles. The summed E-state index contributed by atoms with van der Waals surface area (Å²) in [6.45, 7) is 8.81. The Bertz CT molecular complexity index is 1140. The summed E-state index contributed by atoms with van der Waals surface area (Å²) in [5.41, 5.74) is 9.85. The first-order valence-corrected chi connectivity index (χ1v) is 14.7. The Balaban J connectivity index is 0.00000180. The number of hydrogen-bond acceptors (Lipinski definition) is 0.